The van der Waals surface area contributed by atoms with E-state index in [1.165, 1.54) is 24.1 Å². The number of nitrogens with zero attached hydrogens (tertiary/aromatic N) is 3. The summed E-state index contributed by atoms with van der Waals surface area (Å²) in [5, 5.41) is 5.31. The summed E-state index contributed by atoms with van der Waals surface area (Å²) < 4.78 is 6.02. The van der Waals surface area contributed by atoms with E-state index in [1.54, 1.807) is 53.7 Å². The van der Waals surface area contributed by atoms with Crippen LogP contribution in [-0.2, 0) is 16.0 Å². The van der Waals surface area contributed by atoms with Gasteiger partial charge in [-0.3, -0.25) is 24.6 Å². The number of hydrogen-bond donors (Lipinski definition) is 3. The Balaban J connectivity index is 1.48. The molecule has 3 aromatic carbocycles. The molecule has 0 fully saturated rings. The van der Waals surface area contributed by atoms with Gasteiger partial charge < -0.3 is 10.1 Å². The van der Waals surface area contributed by atoms with E-state index in [1.807, 2.05) is 30.3 Å². The molecule has 0 saturated heterocycles. The first-order chi connectivity index (χ1) is 19.8. The quantitative estimate of drug-likeness (QED) is 0.201. The van der Waals surface area contributed by atoms with E-state index in [9.17, 15) is 14.4 Å². The van der Waals surface area contributed by atoms with Crippen LogP contribution in [0.1, 0.15) is 22.0 Å². The number of esters is 1. The summed E-state index contributed by atoms with van der Waals surface area (Å²) in [6, 6.07) is 21.3. The number of ether oxygens (including phenoxy) is 1. The number of halogens is 2. The highest BCUT2D eigenvalue weighted by molar-refractivity contribution is 6.31. The van der Waals surface area contributed by atoms with E-state index in [0.717, 1.165) is 5.56 Å². The lowest BCUT2D eigenvalue weighted by molar-refractivity contribution is -0.119. The summed E-state index contributed by atoms with van der Waals surface area (Å²) in [7, 11) is 1.30. The van der Waals surface area contributed by atoms with Gasteiger partial charge in [-0.1, -0.05) is 53.5 Å². The number of anilines is 2. The number of methoxy groups -OCH3 is 1. The fourth-order valence-electron chi connectivity index (χ4n) is 4.32. The van der Waals surface area contributed by atoms with E-state index in [2.05, 4.69) is 21.3 Å². The second kappa shape index (κ2) is 12.3. The first kappa shape index (κ1) is 27.9. The molecule has 4 aromatic rings. The van der Waals surface area contributed by atoms with Gasteiger partial charge in [0.1, 0.15) is 11.2 Å². The molecular formula is C29H24Cl2N6O4. The van der Waals surface area contributed by atoms with Crippen LogP contribution in [0.5, 0.6) is 0 Å². The number of carbonyl (C=O) groups is 2. The molecule has 0 saturated carbocycles. The van der Waals surface area contributed by atoms with Crippen LogP contribution >= 0.6 is 23.2 Å². The summed E-state index contributed by atoms with van der Waals surface area (Å²) in [5.74, 6) is -0.909. The second-order valence-electron chi connectivity index (χ2n) is 9.03. The highest BCUT2D eigenvalue weighted by atomic mass is 35.5. The van der Waals surface area contributed by atoms with Crippen LogP contribution in [-0.4, -0.2) is 28.5 Å². The van der Waals surface area contributed by atoms with Crippen molar-refractivity contribution in [3.8, 4) is 11.3 Å². The third kappa shape index (κ3) is 6.41. The van der Waals surface area contributed by atoms with Crippen LogP contribution in [0.3, 0.4) is 0 Å². The maximum absolute atomic E-state index is 13.6. The molecule has 0 unspecified atom stereocenters. The zero-order valence-electron chi connectivity index (χ0n) is 21.7. The number of rotatable bonds is 8. The molecule has 1 atom stereocenters. The van der Waals surface area contributed by atoms with Crippen LogP contribution in [0.2, 0.25) is 5.02 Å². The van der Waals surface area contributed by atoms with Crippen molar-refractivity contribution in [2.45, 2.75) is 12.5 Å². The average Bonchev–Trinajstić information content (AvgIpc) is 3.42. The van der Waals surface area contributed by atoms with E-state index in [4.69, 9.17) is 27.9 Å². The lowest BCUT2D eigenvalue weighted by Crippen LogP contribution is -2.36. The summed E-state index contributed by atoms with van der Waals surface area (Å²) in [6.07, 6.45) is 3.23. The van der Waals surface area contributed by atoms with Crippen LogP contribution in [0, 0.1) is 0 Å². The van der Waals surface area contributed by atoms with E-state index < -0.39 is 23.5 Å². The molecule has 10 nitrogen and oxygen atoms in total. The largest absolute Gasteiger partial charge is 0.465 e. The van der Waals surface area contributed by atoms with Gasteiger partial charge in [0.25, 0.3) is 5.56 Å². The molecule has 2 heterocycles. The highest BCUT2D eigenvalue weighted by Crippen LogP contribution is 2.32. The molecule has 1 aliphatic rings. The number of aromatic nitrogens is 2. The lowest BCUT2D eigenvalue weighted by atomic mass is 10.0. The van der Waals surface area contributed by atoms with Crippen LogP contribution in [0.25, 0.3) is 11.3 Å². The Kier molecular flexibility index (Phi) is 8.34. The Bertz CT molecular complexity index is 1680. The number of nitrogens with one attached hydrogen (secondary N) is 3. The Morgan fingerprint density at radius 2 is 1.78 bits per heavy atom. The van der Waals surface area contributed by atoms with Crippen molar-refractivity contribution in [2.24, 2.45) is 0 Å². The van der Waals surface area contributed by atoms with Crippen LogP contribution in [0.4, 0.5) is 11.4 Å². The molecule has 208 valence electrons. The molecule has 1 aliphatic heterocycles. The molecule has 5 rings (SSSR count). The first-order valence-electron chi connectivity index (χ1n) is 12.4. The molecule has 12 heteroatoms. The van der Waals surface area contributed by atoms with Crippen molar-refractivity contribution >= 4 is 46.5 Å². The fraction of sp³-hybridized carbons (Fsp3) is 0.103. The molecular weight excluding hydrogens is 567 g/mol. The van der Waals surface area contributed by atoms with Crippen LogP contribution in [0.15, 0.2) is 101 Å². The van der Waals surface area contributed by atoms with Gasteiger partial charge in [0, 0.05) is 28.8 Å². The van der Waals surface area contributed by atoms with Gasteiger partial charge in [0.2, 0.25) is 5.91 Å². The maximum atomic E-state index is 13.6. The second-order valence-corrected chi connectivity index (χ2v) is 9.87. The SMILES string of the molecule is COC(=O)c1ccc(NC(=O)[C@H](Cc2ccccc2)n2cnc(-c3cc(Cl)ccc3N3C=C(Cl)NN3)cc2=O)cc1. The smallest absolute Gasteiger partial charge is 0.337 e. The standard InChI is InChI=1S/C29H24Cl2N6O4/c1-41-29(40)19-7-10-21(11-8-19)33-28(39)25(13-18-5-3-2-4-6-18)36-17-32-23(15-27(36)38)22-14-20(30)9-12-24(22)37-16-26(31)34-35-37/h2-12,14-17,25,34-35H,13H2,1H3,(H,33,39)/t25-/m0/s1. The molecule has 1 aromatic heterocycles. The average molecular weight is 591 g/mol. The maximum Gasteiger partial charge on any atom is 0.337 e. The molecule has 0 radical (unpaired) electrons. The van der Waals surface area contributed by atoms with Crippen LogP contribution < -0.4 is 26.8 Å². The van der Waals surface area contributed by atoms with Gasteiger partial charge in [-0.15, -0.1) is 5.53 Å². The van der Waals surface area contributed by atoms with Gasteiger partial charge >= 0.3 is 5.97 Å². The zero-order valence-corrected chi connectivity index (χ0v) is 23.2. The minimum Gasteiger partial charge on any atom is -0.465 e. The summed E-state index contributed by atoms with van der Waals surface area (Å²) in [5.41, 5.74) is 8.50. The first-order valence-corrected chi connectivity index (χ1v) is 13.2. The van der Waals surface area contributed by atoms with Crippen molar-refractivity contribution < 1.29 is 14.3 Å². The highest BCUT2D eigenvalue weighted by Gasteiger charge is 2.24. The topological polar surface area (TPSA) is 118 Å². The van der Waals surface area contributed by atoms with Gasteiger partial charge in [0.15, 0.2) is 0 Å². The third-order valence-electron chi connectivity index (χ3n) is 6.35. The lowest BCUT2D eigenvalue weighted by Gasteiger charge is -2.21. The molecule has 0 aliphatic carbocycles. The van der Waals surface area contributed by atoms with Crippen molar-refractivity contribution in [1.29, 1.82) is 0 Å². The van der Waals surface area contributed by atoms with Crippen molar-refractivity contribution in [3.63, 3.8) is 0 Å². The molecule has 3 N–H and O–H groups in total. The Morgan fingerprint density at radius 3 is 2.44 bits per heavy atom. The van der Waals surface area contributed by atoms with Crippen molar-refractivity contribution in [3.05, 3.63) is 123 Å². The van der Waals surface area contributed by atoms with E-state index >= 15 is 0 Å². The number of hydrazine groups is 2. The predicted molar refractivity (Wildman–Crippen MR) is 157 cm³/mol. The molecule has 41 heavy (non-hydrogen) atoms. The molecule has 1 amide bonds. The number of benzene rings is 3. The monoisotopic (exact) mass is 590 g/mol. The van der Waals surface area contributed by atoms with Gasteiger partial charge in [-0.05, 0) is 48.0 Å². The van der Waals surface area contributed by atoms with Gasteiger partial charge in [-0.2, -0.15) is 0 Å². The molecule has 0 spiro atoms. The zero-order chi connectivity index (χ0) is 28.9. The van der Waals surface area contributed by atoms with Crippen molar-refractivity contribution in [2.75, 3.05) is 17.4 Å². The van der Waals surface area contributed by atoms with E-state index in [0.29, 0.717) is 38.4 Å². The van der Waals surface area contributed by atoms with E-state index in [-0.39, 0.29) is 6.42 Å². The van der Waals surface area contributed by atoms with Crippen molar-refractivity contribution in [1.82, 2.24) is 20.5 Å². The summed E-state index contributed by atoms with van der Waals surface area (Å²) in [4.78, 5) is 43.4. The van der Waals surface area contributed by atoms with Gasteiger partial charge in [0.05, 0.1) is 36.6 Å². The fourth-order valence-corrected chi connectivity index (χ4v) is 4.64. The normalized spacial score (nSPS) is 13.2. The predicted octanol–water partition coefficient (Wildman–Crippen LogP) is 4.64. The summed E-state index contributed by atoms with van der Waals surface area (Å²) >= 11 is 12.3. The minimum atomic E-state index is -0.920. The van der Waals surface area contributed by atoms with Gasteiger partial charge in [-0.25, -0.2) is 9.78 Å². The number of hydrogen-bond acceptors (Lipinski definition) is 8. The third-order valence-corrected chi connectivity index (χ3v) is 6.78. The Labute approximate surface area is 245 Å². The molecule has 0 bridgehead atoms. The number of amides is 1. The summed E-state index contributed by atoms with van der Waals surface area (Å²) in [6.45, 7) is 0. The Morgan fingerprint density at radius 1 is 1.02 bits per heavy atom. The minimum absolute atomic E-state index is 0.239. The number of carbonyl (C=O) groups excluding carboxylic acids is 2. The Hall–Kier alpha value is -4.64.